The van der Waals surface area contributed by atoms with Gasteiger partial charge in [-0.1, -0.05) is 0 Å². The van der Waals surface area contributed by atoms with Gasteiger partial charge in [-0.25, -0.2) is 9.78 Å². The van der Waals surface area contributed by atoms with Crippen LogP contribution < -0.4 is 11.1 Å². The molecule has 1 aliphatic rings. The van der Waals surface area contributed by atoms with E-state index in [1.54, 1.807) is 6.92 Å². The van der Waals surface area contributed by atoms with Crippen LogP contribution >= 0.6 is 0 Å². The molecule has 5 nitrogen and oxygen atoms in total. The number of amides is 1. The van der Waals surface area contributed by atoms with Gasteiger partial charge in [0.2, 0.25) is 0 Å². The summed E-state index contributed by atoms with van der Waals surface area (Å²) in [6.07, 6.45) is 0. The van der Waals surface area contributed by atoms with E-state index in [4.69, 9.17) is 5.73 Å². The summed E-state index contributed by atoms with van der Waals surface area (Å²) in [7, 11) is 0. The molecule has 1 amide bonds. The summed E-state index contributed by atoms with van der Waals surface area (Å²) >= 11 is 0. The highest BCUT2D eigenvalue weighted by molar-refractivity contribution is 5.65. The number of carbonyl (C=O) groups excluding carboxylic acids is 1. The Balaban J connectivity index is 2.25. The minimum atomic E-state index is 0.226. The van der Waals surface area contributed by atoms with Crippen molar-refractivity contribution in [3.63, 3.8) is 0 Å². The number of aromatic nitrogens is 1. The van der Waals surface area contributed by atoms with Gasteiger partial charge < -0.3 is 11.1 Å². The first kappa shape index (κ1) is 13.0. The van der Waals surface area contributed by atoms with Crippen molar-refractivity contribution in [3.8, 4) is 0 Å². The molecule has 0 unspecified atom stereocenters. The molecular weight excluding hydrogens is 228 g/mol. The van der Waals surface area contributed by atoms with E-state index >= 15 is 0 Å². The smallest absolute Gasteiger partial charge is 0.310 e. The van der Waals surface area contributed by atoms with Gasteiger partial charge in [0, 0.05) is 24.3 Å². The molecule has 98 valence electrons. The normalized spacial score (nSPS) is 18.6. The van der Waals surface area contributed by atoms with Crippen LogP contribution in [0.4, 0.5) is 5.82 Å². The van der Waals surface area contributed by atoms with Gasteiger partial charge in [0.1, 0.15) is 12.4 Å². The Bertz CT molecular complexity index is 432. The van der Waals surface area contributed by atoms with Crippen LogP contribution in [0.2, 0.25) is 0 Å². The van der Waals surface area contributed by atoms with Gasteiger partial charge >= 0.3 is 5.91 Å². The third-order valence-electron chi connectivity index (χ3n) is 3.62. The van der Waals surface area contributed by atoms with Crippen molar-refractivity contribution in [2.24, 2.45) is 0 Å². The lowest BCUT2D eigenvalue weighted by Crippen LogP contribution is -2.60. The summed E-state index contributed by atoms with van der Waals surface area (Å²) in [6, 6.07) is 3.89. The second-order valence-electron chi connectivity index (χ2n) is 5.06. The maximum absolute atomic E-state index is 12.0. The predicted molar refractivity (Wildman–Crippen MR) is 70.6 cm³/mol. The number of anilines is 1. The van der Waals surface area contributed by atoms with Crippen molar-refractivity contribution >= 4 is 11.7 Å². The van der Waals surface area contributed by atoms with E-state index in [-0.39, 0.29) is 5.91 Å². The van der Waals surface area contributed by atoms with Crippen LogP contribution in [0.15, 0.2) is 12.1 Å². The van der Waals surface area contributed by atoms with E-state index in [0.29, 0.717) is 16.8 Å². The molecule has 0 atom stereocenters. The second-order valence-corrected chi connectivity index (χ2v) is 5.06. The molecule has 1 fully saturated rings. The number of nitrogens with one attached hydrogen (secondary N) is 1. The molecular formula is C13H21N4O+. The standard InChI is InChI=1S/C13H21N4O/c1-10-7-12(8-13(14)16-10)9-17(11(2)18)5-3-15-4-6-17/h7-8,15H,3-6,9H2,1-2H3,(H2,14,16)/q+1. The second kappa shape index (κ2) is 5.04. The maximum Gasteiger partial charge on any atom is 0.310 e. The molecule has 1 aliphatic heterocycles. The van der Waals surface area contributed by atoms with Crippen molar-refractivity contribution in [2.75, 3.05) is 31.9 Å². The van der Waals surface area contributed by atoms with Crippen molar-refractivity contribution < 1.29 is 9.28 Å². The number of pyridine rings is 1. The lowest BCUT2D eigenvalue weighted by molar-refractivity contribution is -0.869. The molecule has 1 aromatic rings. The van der Waals surface area contributed by atoms with Crippen LogP contribution in [0.1, 0.15) is 18.2 Å². The van der Waals surface area contributed by atoms with E-state index in [9.17, 15) is 4.79 Å². The summed E-state index contributed by atoms with van der Waals surface area (Å²) in [4.78, 5) is 16.2. The number of nitrogens with two attached hydrogens (primary N) is 1. The molecule has 3 N–H and O–H groups in total. The number of nitrogens with zero attached hydrogens (tertiary/aromatic N) is 2. The van der Waals surface area contributed by atoms with E-state index in [0.717, 1.165) is 37.4 Å². The number of hydrogen-bond acceptors (Lipinski definition) is 4. The molecule has 0 aliphatic carbocycles. The molecule has 5 heteroatoms. The average Bonchev–Trinajstić information content (AvgIpc) is 2.28. The molecule has 0 radical (unpaired) electrons. The van der Waals surface area contributed by atoms with E-state index in [2.05, 4.69) is 10.3 Å². The summed E-state index contributed by atoms with van der Waals surface area (Å²) in [5.74, 6) is 0.756. The largest absolute Gasteiger partial charge is 0.384 e. The number of quaternary nitrogens is 1. The number of carbonyl (C=O) groups is 1. The molecule has 0 aromatic carbocycles. The zero-order chi connectivity index (χ0) is 13.2. The Morgan fingerprint density at radius 3 is 2.67 bits per heavy atom. The third-order valence-corrected chi connectivity index (χ3v) is 3.62. The van der Waals surface area contributed by atoms with Crippen LogP contribution in [0.5, 0.6) is 0 Å². The number of rotatable bonds is 2. The van der Waals surface area contributed by atoms with E-state index in [1.165, 1.54) is 0 Å². The van der Waals surface area contributed by atoms with E-state index < -0.39 is 0 Å². The highest BCUT2D eigenvalue weighted by Gasteiger charge is 2.35. The molecule has 0 spiro atoms. The van der Waals surface area contributed by atoms with Crippen LogP contribution in [0.3, 0.4) is 0 Å². The summed E-state index contributed by atoms with van der Waals surface area (Å²) < 4.78 is 0.510. The highest BCUT2D eigenvalue weighted by Crippen LogP contribution is 2.18. The fourth-order valence-electron chi connectivity index (χ4n) is 2.62. The molecule has 0 bridgehead atoms. The third kappa shape index (κ3) is 2.68. The number of nitrogen functional groups attached to an aromatic ring is 1. The van der Waals surface area contributed by atoms with Gasteiger partial charge in [0.05, 0.1) is 20.0 Å². The van der Waals surface area contributed by atoms with E-state index in [1.807, 2.05) is 19.1 Å². The fraction of sp³-hybridized carbons (Fsp3) is 0.538. The van der Waals surface area contributed by atoms with Crippen LogP contribution in [-0.4, -0.2) is 41.6 Å². The van der Waals surface area contributed by atoms with Gasteiger partial charge in [-0.3, -0.25) is 4.48 Å². The molecule has 2 rings (SSSR count). The highest BCUT2D eigenvalue weighted by atomic mass is 16.2. The van der Waals surface area contributed by atoms with Crippen LogP contribution in [0, 0.1) is 6.92 Å². The summed E-state index contributed by atoms with van der Waals surface area (Å²) in [5.41, 5.74) is 7.77. The van der Waals surface area contributed by atoms with Crippen LogP contribution in [0.25, 0.3) is 0 Å². The van der Waals surface area contributed by atoms with Crippen molar-refractivity contribution in [1.29, 1.82) is 0 Å². The molecule has 0 saturated carbocycles. The Kier molecular flexibility index (Phi) is 3.63. The fourth-order valence-corrected chi connectivity index (χ4v) is 2.62. The lowest BCUT2D eigenvalue weighted by Gasteiger charge is -2.38. The van der Waals surface area contributed by atoms with Crippen LogP contribution in [-0.2, 0) is 11.3 Å². The van der Waals surface area contributed by atoms with Crippen molar-refractivity contribution in [2.45, 2.75) is 20.4 Å². The van der Waals surface area contributed by atoms with Gasteiger partial charge in [-0.05, 0) is 19.1 Å². The number of hydrogen-bond donors (Lipinski definition) is 2. The first-order chi connectivity index (χ1) is 8.52. The number of aryl methyl sites for hydroxylation is 1. The minimum Gasteiger partial charge on any atom is -0.384 e. The topological polar surface area (TPSA) is 68.0 Å². The molecule has 1 saturated heterocycles. The quantitative estimate of drug-likeness (QED) is 0.746. The Morgan fingerprint density at radius 2 is 2.11 bits per heavy atom. The minimum absolute atomic E-state index is 0.226. The summed E-state index contributed by atoms with van der Waals surface area (Å²) in [6.45, 7) is 7.79. The Morgan fingerprint density at radius 1 is 1.44 bits per heavy atom. The summed E-state index contributed by atoms with van der Waals surface area (Å²) in [5, 5.41) is 3.30. The van der Waals surface area contributed by atoms with Gasteiger partial charge in [-0.15, -0.1) is 0 Å². The Labute approximate surface area is 108 Å². The van der Waals surface area contributed by atoms with Crippen molar-refractivity contribution in [3.05, 3.63) is 23.4 Å². The first-order valence-corrected chi connectivity index (χ1v) is 6.33. The molecule has 18 heavy (non-hydrogen) atoms. The molecule has 1 aromatic heterocycles. The monoisotopic (exact) mass is 249 g/mol. The Hall–Kier alpha value is -1.46. The average molecular weight is 249 g/mol. The maximum atomic E-state index is 12.0. The number of piperazine rings is 1. The zero-order valence-electron chi connectivity index (χ0n) is 11.1. The van der Waals surface area contributed by atoms with Gasteiger partial charge in [0.25, 0.3) is 0 Å². The van der Waals surface area contributed by atoms with Gasteiger partial charge in [0.15, 0.2) is 0 Å². The first-order valence-electron chi connectivity index (χ1n) is 6.33. The van der Waals surface area contributed by atoms with Gasteiger partial charge in [-0.2, -0.15) is 0 Å². The lowest BCUT2D eigenvalue weighted by atomic mass is 10.1. The SMILES string of the molecule is CC(=O)[N+]1(Cc2cc(C)nc(N)c2)CCNCC1. The zero-order valence-corrected chi connectivity index (χ0v) is 11.1. The van der Waals surface area contributed by atoms with Crippen molar-refractivity contribution in [1.82, 2.24) is 10.3 Å². The predicted octanol–water partition coefficient (Wildman–Crippen LogP) is 0.439. The molecule has 2 heterocycles.